The van der Waals surface area contributed by atoms with Crippen LogP contribution in [-0.2, 0) is 20.8 Å². The molecule has 0 spiro atoms. The number of fused-ring (bicyclic) bond motifs is 1. The van der Waals surface area contributed by atoms with Crippen LogP contribution in [0, 0.1) is 0 Å². The zero-order valence-corrected chi connectivity index (χ0v) is 26.2. The summed E-state index contributed by atoms with van der Waals surface area (Å²) in [5.41, 5.74) is 5.82. The van der Waals surface area contributed by atoms with Crippen molar-refractivity contribution in [2.45, 2.75) is 58.0 Å². The molecule has 5 rings (SSSR count). The highest BCUT2D eigenvalue weighted by molar-refractivity contribution is 6.07. The van der Waals surface area contributed by atoms with Crippen molar-refractivity contribution in [3.8, 4) is 22.6 Å². The van der Waals surface area contributed by atoms with E-state index in [1.54, 1.807) is 0 Å². The fraction of sp³-hybridized carbons (Fsp3) is 0.432. The van der Waals surface area contributed by atoms with Crippen molar-refractivity contribution in [1.82, 2.24) is 4.90 Å². The minimum Gasteiger partial charge on any atom is -0.493 e. The van der Waals surface area contributed by atoms with Crippen LogP contribution in [0.1, 0.15) is 56.6 Å². The van der Waals surface area contributed by atoms with Gasteiger partial charge in [0.2, 0.25) is 0 Å². The number of unbranched alkanes of at least 4 members (excludes halogenated alkanes) is 1. The minimum absolute atomic E-state index is 0.0736. The lowest BCUT2D eigenvalue weighted by atomic mass is 9.98. The first-order chi connectivity index (χ1) is 21.6. The van der Waals surface area contributed by atoms with Gasteiger partial charge in [0, 0.05) is 49.2 Å². The lowest BCUT2D eigenvalue weighted by Gasteiger charge is -2.31. The quantitative estimate of drug-likeness (QED) is 0.208. The van der Waals surface area contributed by atoms with Gasteiger partial charge in [0.15, 0.2) is 0 Å². The minimum atomic E-state index is -0.0736. The normalized spacial score (nSPS) is 16.7. The number of benzene rings is 3. The van der Waals surface area contributed by atoms with Gasteiger partial charge in [0.05, 0.1) is 13.2 Å². The molecule has 0 bridgehead atoms. The molecule has 0 saturated carbocycles. The van der Waals surface area contributed by atoms with E-state index < -0.39 is 0 Å². The first-order valence-electron chi connectivity index (χ1n) is 16.1. The topological polar surface area (TPSA) is 69.3 Å². The Kier molecular flexibility index (Phi) is 11.9. The van der Waals surface area contributed by atoms with E-state index in [0.29, 0.717) is 32.3 Å². The van der Waals surface area contributed by atoms with E-state index in [0.717, 1.165) is 97.9 Å². The molecule has 1 N–H and O–H groups in total. The molecule has 0 radical (unpaired) electrons. The van der Waals surface area contributed by atoms with Crippen LogP contribution in [0.15, 0.2) is 72.3 Å². The summed E-state index contributed by atoms with van der Waals surface area (Å²) in [5, 5.41) is 3.12. The van der Waals surface area contributed by atoms with Gasteiger partial charge in [-0.15, -0.1) is 0 Å². The molecule has 7 nitrogen and oxygen atoms in total. The first kappa shape index (κ1) is 31.8. The van der Waals surface area contributed by atoms with Crippen molar-refractivity contribution < 1.29 is 23.7 Å². The molecule has 0 unspecified atom stereocenters. The summed E-state index contributed by atoms with van der Waals surface area (Å²) < 4.78 is 22.9. The molecule has 2 aliphatic rings. The van der Waals surface area contributed by atoms with E-state index >= 15 is 0 Å². The van der Waals surface area contributed by atoms with E-state index in [-0.39, 0.29) is 5.91 Å². The van der Waals surface area contributed by atoms with Gasteiger partial charge in [0.1, 0.15) is 18.1 Å². The maximum absolute atomic E-state index is 13.4. The third kappa shape index (κ3) is 9.18. The van der Waals surface area contributed by atoms with E-state index in [1.807, 2.05) is 36.4 Å². The second-order valence-electron chi connectivity index (χ2n) is 11.6. The molecule has 1 saturated heterocycles. The average Bonchev–Trinajstić information content (AvgIpc) is 3.04. The fourth-order valence-electron chi connectivity index (χ4n) is 5.61. The number of anilines is 1. The molecule has 0 aromatic heterocycles. The van der Waals surface area contributed by atoms with Gasteiger partial charge in [0.25, 0.3) is 5.91 Å². The van der Waals surface area contributed by atoms with Crippen LogP contribution in [-0.4, -0.2) is 63.5 Å². The Balaban J connectivity index is 1.21. The Morgan fingerprint density at radius 2 is 1.70 bits per heavy atom. The fourth-order valence-corrected chi connectivity index (χ4v) is 5.61. The number of nitrogens with zero attached hydrogens (tertiary/aromatic N) is 1. The molecule has 0 atom stereocenters. The zero-order valence-electron chi connectivity index (χ0n) is 26.2. The highest BCUT2D eigenvalue weighted by atomic mass is 16.5. The lowest BCUT2D eigenvalue weighted by molar-refractivity contribution is -0.112. The number of hydrogen-bond acceptors (Lipinski definition) is 6. The number of amides is 1. The number of carbonyl (C=O) groups excluding carboxylic acids is 1. The highest BCUT2D eigenvalue weighted by Crippen LogP contribution is 2.32. The van der Waals surface area contributed by atoms with Crippen molar-refractivity contribution in [2.75, 3.05) is 52.0 Å². The van der Waals surface area contributed by atoms with Crippen molar-refractivity contribution in [3.63, 3.8) is 0 Å². The summed E-state index contributed by atoms with van der Waals surface area (Å²) in [6, 6.07) is 23.0. The lowest BCUT2D eigenvalue weighted by Crippen LogP contribution is -2.36. The van der Waals surface area contributed by atoms with Gasteiger partial charge in [-0.05, 0) is 98.3 Å². The standard InChI is InChI=1S/C37H46N2O5/c1-3-4-19-41-23-24-43-35-14-9-29(10-15-35)30-11-16-36-32(25-30)26-31(6-5-20-44-36)37(40)38-33-12-7-28(8-13-33)27-39(2)34-17-21-42-22-18-34/h7-16,25-26,34H,3-6,17-24,27H2,1-2H3,(H,38,40)/b31-26+. The van der Waals surface area contributed by atoms with E-state index in [9.17, 15) is 4.79 Å². The molecule has 44 heavy (non-hydrogen) atoms. The first-order valence-corrected chi connectivity index (χ1v) is 16.1. The Bertz CT molecular complexity index is 1360. The van der Waals surface area contributed by atoms with Gasteiger partial charge in [-0.3, -0.25) is 9.69 Å². The van der Waals surface area contributed by atoms with Crippen LogP contribution in [0.25, 0.3) is 17.2 Å². The van der Waals surface area contributed by atoms with Gasteiger partial charge in [-0.25, -0.2) is 0 Å². The molecule has 2 aliphatic heterocycles. The SMILES string of the molecule is CCCCOCCOc1ccc(-c2ccc3c(c2)/C=C(/C(=O)Nc2ccc(CN(C)C4CCOCC4)cc2)CCCO3)cc1. The molecule has 234 valence electrons. The van der Waals surface area contributed by atoms with Gasteiger partial charge >= 0.3 is 0 Å². The van der Waals surface area contributed by atoms with E-state index in [1.165, 1.54) is 5.56 Å². The summed E-state index contributed by atoms with van der Waals surface area (Å²) in [5.74, 6) is 1.54. The van der Waals surface area contributed by atoms with Crippen LogP contribution in [0.3, 0.4) is 0 Å². The summed E-state index contributed by atoms with van der Waals surface area (Å²) in [6.45, 7) is 7.19. The Hall–Kier alpha value is -3.65. The van der Waals surface area contributed by atoms with E-state index in [2.05, 4.69) is 60.6 Å². The molecule has 1 amide bonds. The zero-order chi connectivity index (χ0) is 30.6. The summed E-state index contributed by atoms with van der Waals surface area (Å²) >= 11 is 0. The van der Waals surface area contributed by atoms with Crippen LogP contribution >= 0.6 is 0 Å². The van der Waals surface area contributed by atoms with Gasteiger partial charge in [-0.1, -0.05) is 43.7 Å². The Labute approximate surface area is 262 Å². The van der Waals surface area contributed by atoms with Gasteiger partial charge in [-0.2, -0.15) is 0 Å². The maximum atomic E-state index is 13.4. The summed E-state index contributed by atoms with van der Waals surface area (Å²) in [6.07, 6.45) is 7.76. The van der Waals surface area contributed by atoms with E-state index in [4.69, 9.17) is 18.9 Å². The number of nitrogens with one attached hydrogen (secondary N) is 1. The second kappa shape index (κ2) is 16.4. The molecule has 7 heteroatoms. The molecule has 3 aromatic rings. The molecule has 3 aromatic carbocycles. The number of ether oxygens (including phenoxy) is 4. The average molecular weight is 599 g/mol. The van der Waals surface area contributed by atoms with Crippen LogP contribution < -0.4 is 14.8 Å². The van der Waals surface area contributed by atoms with Crippen LogP contribution in [0.4, 0.5) is 5.69 Å². The molecule has 2 heterocycles. The summed E-state index contributed by atoms with van der Waals surface area (Å²) in [4.78, 5) is 15.8. The predicted octanol–water partition coefficient (Wildman–Crippen LogP) is 7.35. The molecule has 1 fully saturated rings. The third-order valence-corrected chi connectivity index (χ3v) is 8.26. The smallest absolute Gasteiger partial charge is 0.251 e. The Morgan fingerprint density at radius 3 is 2.48 bits per heavy atom. The maximum Gasteiger partial charge on any atom is 0.251 e. The predicted molar refractivity (Wildman–Crippen MR) is 176 cm³/mol. The summed E-state index contributed by atoms with van der Waals surface area (Å²) in [7, 11) is 2.18. The molecule has 0 aliphatic carbocycles. The number of hydrogen-bond donors (Lipinski definition) is 1. The van der Waals surface area contributed by atoms with Crippen molar-refractivity contribution in [2.24, 2.45) is 0 Å². The number of rotatable bonds is 13. The van der Waals surface area contributed by atoms with Crippen molar-refractivity contribution in [1.29, 1.82) is 0 Å². The monoisotopic (exact) mass is 598 g/mol. The van der Waals surface area contributed by atoms with Crippen molar-refractivity contribution >= 4 is 17.7 Å². The molecular weight excluding hydrogens is 552 g/mol. The van der Waals surface area contributed by atoms with Crippen LogP contribution in [0.2, 0.25) is 0 Å². The number of carbonyl (C=O) groups is 1. The van der Waals surface area contributed by atoms with Gasteiger partial charge < -0.3 is 24.3 Å². The van der Waals surface area contributed by atoms with Crippen molar-refractivity contribution in [3.05, 3.63) is 83.4 Å². The Morgan fingerprint density at radius 1 is 0.932 bits per heavy atom. The largest absolute Gasteiger partial charge is 0.493 e. The highest BCUT2D eigenvalue weighted by Gasteiger charge is 2.19. The molecular formula is C37H46N2O5. The van der Waals surface area contributed by atoms with Crippen LogP contribution in [0.5, 0.6) is 11.5 Å². The second-order valence-corrected chi connectivity index (χ2v) is 11.6. The third-order valence-electron chi connectivity index (χ3n) is 8.26.